The monoisotopic (exact) mass is 456 g/mol. The van der Waals surface area contributed by atoms with Crippen molar-refractivity contribution in [1.82, 2.24) is 4.31 Å². The molecule has 3 rings (SSSR count). The molecule has 0 saturated carbocycles. The first-order chi connectivity index (χ1) is 14.6. The maximum absolute atomic E-state index is 12.7. The molecule has 1 amide bonds. The molecule has 0 radical (unpaired) electrons. The highest BCUT2D eigenvalue weighted by atomic mass is 32.2. The first-order valence-electron chi connectivity index (χ1n) is 9.88. The number of anilines is 1. The molecule has 1 heterocycles. The lowest BCUT2D eigenvalue weighted by Gasteiger charge is -2.25. The Morgan fingerprint density at radius 3 is 2.35 bits per heavy atom. The van der Waals surface area contributed by atoms with E-state index in [2.05, 4.69) is 10.1 Å². The van der Waals surface area contributed by atoms with E-state index in [1.807, 2.05) is 0 Å². The number of halogens is 3. The molecule has 10 heteroatoms. The molecule has 0 spiro atoms. The molecule has 2 aromatic rings. The fourth-order valence-electron chi connectivity index (χ4n) is 3.33. The molecule has 31 heavy (non-hydrogen) atoms. The summed E-state index contributed by atoms with van der Waals surface area (Å²) in [5.41, 5.74) is 0.969. The number of hydrogen-bond donors (Lipinski definition) is 1. The summed E-state index contributed by atoms with van der Waals surface area (Å²) >= 11 is 0. The van der Waals surface area contributed by atoms with Gasteiger partial charge in [-0.3, -0.25) is 4.79 Å². The van der Waals surface area contributed by atoms with Gasteiger partial charge < -0.3 is 10.1 Å². The summed E-state index contributed by atoms with van der Waals surface area (Å²) in [6, 6.07) is 11.4. The number of sulfonamides is 1. The van der Waals surface area contributed by atoms with Gasteiger partial charge in [0.1, 0.15) is 5.75 Å². The van der Waals surface area contributed by atoms with Gasteiger partial charge in [-0.2, -0.15) is 4.31 Å². The number of aryl methyl sites for hydroxylation is 1. The third-order valence-electron chi connectivity index (χ3n) is 4.87. The SMILES string of the molecule is O=C(CCc1ccc(S(=O)(=O)N2CCCCC2)cc1)Nc1cccc(OC(F)(F)F)c1. The van der Waals surface area contributed by atoms with Crippen LogP contribution in [-0.4, -0.2) is 38.1 Å². The highest BCUT2D eigenvalue weighted by Crippen LogP contribution is 2.25. The molecule has 0 atom stereocenters. The summed E-state index contributed by atoms with van der Waals surface area (Å²) in [4.78, 5) is 12.4. The van der Waals surface area contributed by atoms with Gasteiger partial charge in [0.05, 0.1) is 4.90 Å². The van der Waals surface area contributed by atoms with Gasteiger partial charge in [0, 0.05) is 31.3 Å². The quantitative estimate of drug-likeness (QED) is 0.673. The Hall–Kier alpha value is -2.59. The second-order valence-corrected chi connectivity index (χ2v) is 9.17. The number of carbonyl (C=O) groups is 1. The lowest BCUT2D eigenvalue weighted by molar-refractivity contribution is -0.274. The van der Waals surface area contributed by atoms with Crippen molar-refractivity contribution in [3.8, 4) is 5.75 Å². The Labute approximate surface area is 179 Å². The fraction of sp³-hybridized carbons (Fsp3) is 0.381. The summed E-state index contributed by atoms with van der Waals surface area (Å²) in [6.07, 6.45) is -1.62. The maximum atomic E-state index is 12.7. The van der Waals surface area contributed by atoms with E-state index in [0.29, 0.717) is 19.5 Å². The van der Waals surface area contributed by atoms with Crippen LogP contribution in [0.2, 0.25) is 0 Å². The summed E-state index contributed by atoms with van der Waals surface area (Å²) in [7, 11) is -3.51. The zero-order valence-corrected chi connectivity index (χ0v) is 17.5. The van der Waals surface area contributed by atoms with Crippen LogP contribution in [0.3, 0.4) is 0 Å². The van der Waals surface area contributed by atoms with Crippen molar-refractivity contribution in [3.05, 3.63) is 54.1 Å². The number of amides is 1. The molecular formula is C21H23F3N2O4S. The number of ether oxygens (including phenoxy) is 1. The van der Waals surface area contributed by atoms with Gasteiger partial charge in [-0.25, -0.2) is 8.42 Å². The average molecular weight is 456 g/mol. The molecule has 1 fully saturated rings. The molecule has 2 aromatic carbocycles. The zero-order chi connectivity index (χ0) is 22.5. The highest BCUT2D eigenvalue weighted by Gasteiger charge is 2.31. The van der Waals surface area contributed by atoms with Crippen LogP contribution in [0.4, 0.5) is 18.9 Å². The van der Waals surface area contributed by atoms with Crippen molar-refractivity contribution in [3.63, 3.8) is 0 Å². The Kier molecular flexibility index (Phi) is 7.22. The van der Waals surface area contributed by atoms with Gasteiger partial charge >= 0.3 is 6.36 Å². The largest absolute Gasteiger partial charge is 0.573 e. The van der Waals surface area contributed by atoms with E-state index in [0.717, 1.165) is 37.0 Å². The topological polar surface area (TPSA) is 75.7 Å². The lowest BCUT2D eigenvalue weighted by atomic mass is 10.1. The Balaban J connectivity index is 1.54. The van der Waals surface area contributed by atoms with Crippen LogP contribution < -0.4 is 10.1 Å². The predicted octanol–water partition coefficient (Wildman–Crippen LogP) is 4.33. The summed E-state index contributed by atoms with van der Waals surface area (Å²) in [5, 5.41) is 2.53. The second-order valence-electron chi connectivity index (χ2n) is 7.23. The Morgan fingerprint density at radius 2 is 1.71 bits per heavy atom. The Morgan fingerprint density at radius 1 is 1.03 bits per heavy atom. The minimum atomic E-state index is -4.81. The molecule has 6 nitrogen and oxygen atoms in total. The first-order valence-corrected chi connectivity index (χ1v) is 11.3. The van der Waals surface area contributed by atoms with Crippen molar-refractivity contribution < 1.29 is 31.1 Å². The molecule has 1 saturated heterocycles. The molecule has 1 aliphatic rings. The van der Waals surface area contributed by atoms with Crippen LogP contribution >= 0.6 is 0 Å². The number of piperidine rings is 1. The van der Waals surface area contributed by atoms with Gasteiger partial charge in [0.15, 0.2) is 0 Å². The molecule has 0 aromatic heterocycles. The van der Waals surface area contributed by atoms with Crippen LogP contribution in [0, 0.1) is 0 Å². The Bertz CT molecular complexity index is 1000. The van der Waals surface area contributed by atoms with Gasteiger partial charge in [-0.1, -0.05) is 24.6 Å². The van der Waals surface area contributed by atoms with Crippen LogP contribution in [-0.2, 0) is 21.2 Å². The van der Waals surface area contributed by atoms with Crippen LogP contribution in [0.5, 0.6) is 5.75 Å². The lowest BCUT2D eigenvalue weighted by Crippen LogP contribution is -2.35. The second kappa shape index (κ2) is 9.69. The number of rotatable bonds is 7. The maximum Gasteiger partial charge on any atom is 0.573 e. The minimum Gasteiger partial charge on any atom is -0.406 e. The molecule has 0 bridgehead atoms. The van der Waals surface area contributed by atoms with E-state index in [1.165, 1.54) is 28.6 Å². The molecule has 168 valence electrons. The van der Waals surface area contributed by atoms with Gasteiger partial charge in [-0.05, 0) is 49.1 Å². The molecular weight excluding hydrogens is 433 g/mol. The van der Waals surface area contributed by atoms with Crippen LogP contribution in [0.25, 0.3) is 0 Å². The van der Waals surface area contributed by atoms with E-state index < -0.39 is 22.1 Å². The number of nitrogens with one attached hydrogen (secondary N) is 1. The zero-order valence-electron chi connectivity index (χ0n) is 16.7. The molecule has 1 N–H and O–H groups in total. The van der Waals surface area contributed by atoms with E-state index in [9.17, 15) is 26.4 Å². The number of benzene rings is 2. The van der Waals surface area contributed by atoms with Gasteiger partial charge in [-0.15, -0.1) is 13.2 Å². The summed E-state index contributed by atoms with van der Waals surface area (Å²) < 4.78 is 67.6. The summed E-state index contributed by atoms with van der Waals surface area (Å²) in [6.45, 7) is 1.05. The average Bonchev–Trinajstić information content (AvgIpc) is 2.72. The van der Waals surface area contributed by atoms with Crippen molar-refractivity contribution in [2.45, 2.75) is 43.4 Å². The fourth-order valence-corrected chi connectivity index (χ4v) is 4.85. The molecule has 0 unspecified atom stereocenters. The highest BCUT2D eigenvalue weighted by molar-refractivity contribution is 7.89. The van der Waals surface area contributed by atoms with Crippen molar-refractivity contribution in [2.75, 3.05) is 18.4 Å². The van der Waals surface area contributed by atoms with Gasteiger partial charge in [0.25, 0.3) is 0 Å². The van der Waals surface area contributed by atoms with E-state index >= 15 is 0 Å². The van der Waals surface area contributed by atoms with Crippen molar-refractivity contribution >= 4 is 21.6 Å². The van der Waals surface area contributed by atoms with Crippen molar-refractivity contribution in [2.24, 2.45) is 0 Å². The predicted molar refractivity (Wildman–Crippen MR) is 109 cm³/mol. The standard InChI is InChI=1S/C21H23F3N2O4S/c22-21(23,24)30-18-6-4-5-17(15-18)25-20(27)12-9-16-7-10-19(11-8-16)31(28,29)26-13-2-1-3-14-26/h4-8,10-11,15H,1-3,9,12-14H2,(H,25,27). The van der Waals surface area contributed by atoms with Crippen LogP contribution in [0.15, 0.2) is 53.4 Å². The number of nitrogens with zero attached hydrogens (tertiary/aromatic N) is 1. The van der Waals surface area contributed by atoms with E-state index in [1.54, 1.807) is 12.1 Å². The van der Waals surface area contributed by atoms with E-state index in [-0.39, 0.29) is 22.9 Å². The number of hydrogen-bond acceptors (Lipinski definition) is 4. The normalized spacial score (nSPS) is 15.5. The molecule has 1 aliphatic heterocycles. The first kappa shape index (κ1) is 23.1. The minimum absolute atomic E-state index is 0.0859. The third-order valence-corrected chi connectivity index (χ3v) is 6.78. The van der Waals surface area contributed by atoms with Crippen LogP contribution in [0.1, 0.15) is 31.2 Å². The number of carbonyl (C=O) groups excluding carboxylic acids is 1. The van der Waals surface area contributed by atoms with Gasteiger partial charge in [0.2, 0.25) is 15.9 Å². The smallest absolute Gasteiger partial charge is 0.406 e. The molecule has 0 aliphatic carbocycles. The third kappa shape index (κ3) is 6.70. The van der Waals surface area contributed by atoms with Crippen molar-refractivity contribution in [1.29, 1.82) is 0 Å². The van der Waals surface area contributed by atoms with E-state index in [4.69, 9.17) is 0 Å². The number of alkyl halides is 3. The summed E-state index contributed by atoms with van der Waals surface area (Å²) in [5.74, 6) is -0.801.